The van der Waals surface area contributed by atoms with E-state index in [1.165, 1.54) is 0 Å². The number of amides is 4. The van der Waals surface area contributed by atoms with Gasteiger partial charge in [0.25, 0.3) is 0 Å². The van der Waals surface area contributed by atoms with Crippen molar-refractivity contribution in [2.24, 2.45) is 11.5 Å². The maximum Gasteiger partial charge on any atom is 0.326 e. The maximum atomic E-state index is 13.4. The molecule has 2 heterocycles. The molecule has 1 aromatic heterocycles. The number of para-hydroxylation sites is 1. The summed E-state index contributed by atoms with van der Waals surface area (Å²) < 4.78 is 0. The van der Waals surface area contributed by atoms with Gasteiger partial charge in [-0.1, -0.05) is 18.2 Å². The number of carbonyl (C=O) groups is 6. The number of hydrogen-bond acceptors (Lipinski definition) is 10. The van der Waals surface area contributed by atoms with Gasteiger partial charge in [0, 0.05) is 49.8 Å². The van der Waals surface area contributed by atoms with E-state index in [1.807, 2.05) is 24.3 Å². The smallest absolute Gasteiger partial charge is 0.326 e. The first-order valence-corrected chi connectivity index (χ1v) is 15.5. The molecule has 0 aliphatic carbocycles. The summed E-state index contributed by atoms with van der Waals surface area (Å²) in [5, 5.41) is 35.8. The summed E-state index contributed by atoms with van der Waals surface area (Å²) in [6, 6.07) is 2.82. The molecular weight excluding hydrogens is 614 g/mol. The zero-order valence-corrected chi connectivity index (χ0v) is 26.2. The van der Waals surface area contributed by atoms with Crippen LogP contribution in [0.1, 0.15) is 51.0 Å². The Morgan fingerprint density at radius 3 is 2.28 bits per heavy atom. The van der Waals surface area contributed by atoms with Crippen molar-refractivity contribution < 1.29 is 39.0 Å². The van der Waals surface area contributed by atoms with Gasteiger partial charge in [-0.05, 0) is 43.9 Å². The summed E-state index contributed by atoms with van der Waals surface area (Å²) in [5.41, 5.74) is 13.5. The Balaban J connectivity index is 1.60. The van der Waals surface area contributed by atoms with Crippen LogP contribution in [0.25, 0.3) is 10.9 Å². The van der Waals surface area contributed by atoms with Crippen molar-refractivity contribution in [2.45, 2.75) is 88.4 Å². The van der Waals surface area contributed by atoms with Crippen LogP contribution in [0.15, 0.2) is 30.5 Å². The molecule has 2 aromatic rings. The first-order chi connectivity index (χ1) is 22.3. The largest absolute Gasteiger partial charge is 0.481 e. The first kappa shape index (κ1) is 36.9. The van der Waals surface area contributed by atoms with E-state index in [4.69, 9.17) is 16.6 Å². The second-order valence-electron chi connectivity index (χ2n) is 11.6. The Morgan fingerprint density at radius 1 is 0.915 bits per heavy atom. The summed E-state index contributed by atoms with van der Waals surface area (Å²) in [6.45, 7) is 1.58. The summed E-state index contributed by atoms with van der Waals surface area (Å²) in [4.78, 5) is 76.6. The minimum atomic E-state index is -1.46. The van der Waals surface area contributed by atoms with E-state index in [2.05, 4.69) is 36.9 Å². The predicted octanol–water partition coefficient (Wildman–Crippen LogP) is -2.06. The quantitative estimate of drug-likeness (QED) is 0.0685. The Labute approximate surface area is 271 Å². The average Bonchev–Trinajstić information content (AvgIpc) is 3.41. The van der Waals surface area contributed by atoms with Crippen molar-refractivity contribution >= 4 is 46.5 Å². The highest BCUT2D eigenvalue weighted by atomic mass is 16.4. The van der Waals surface area contributed by atoms with Crippen molar-refractivity contribution in [1.82, 2.24) is 36.9 Å². The highest BCUT2D eigenvalue weighted by Gasteiger charge is 2.29. The molecule has 1 aliphatic heterocycles. The highest BCUT2D eigenvalue weighted by Crippen LogP contribution is 2.19. The molecule has 3 rings (SSSR count). The Bertz CT molecular complexity index is 1410. The number of nitrogens with one attached hydrogen (secondary N) is 7. The SMILES string of the molecule is CC(=O)NC(CCC(=O)O)C(=O)NC(CCNC(=O)C(Cc1c[nH]c2ccccc12)NC(=O)C(N)CCCNC1CC(N)N1)C(=O)O. The monoisotopic (exact) mass is 659 g/mol. The zero-order valence-electron chi connectivity index (χ0n) is 26.2. The number of hydrogen-bond donors (Lipinski definition) is 11. The van der Waals surface area contributed by atoms with E-state index >= 15 is 0 Å². The summed E-state index contributed by atoms with van der Waals surface area (Å²) in [6.07, 6.45) is 2.85. The second-order valence-corrected chi connectivity index (χ2v) is 11.6. The Kier molecular flexibility index (Phi) is 14.1. The number of carboxylic acids is 2. The first-order valence-electron chi connectivity index (χ1n) is 15.5. The summed E-state index contributed by atoms with van der Waals surface area (Å²) in [7, 11) is 0. The molecular formula is C30H45N9O8. The lowest BCUT2D eigenvalue weighted by Gasteiger charge is -2.35. The lowest BCUT2D eigenvalue weighted by Crippen LogP contribution is -2.63. The van der Waals surface area contributed by atoms with Gasteiger partial charge in [-0.3, -0.25) is 29.3 Å². The molecule has 47 heavy (non-hydrogen) atoms. The van der Waals surface area contributed by atoms with Crippen molar-refractivity contribution in [2.75, 3.05) is 13.1 Å². The number of aliphatic carboxylic acids is 2. The number of fused-ring (bicyclic) bond motifs is 1. The average molecular weight is 660 g/mol. The molecule has 17 heteroatoms. The van der Waals surface area contributed by atoms with Crippen molar-refractivity contribution in [3.05, 3.63) is 36.0 Å². The van der Waals surface area contributed by atoms with Gasteiger partial charge in [0.1, 0.15) is 18.1 Å². The van der Waals surface area contributed by atoms with Crippen LogP contribution in [-0.2, 0) is 35.2 Å². The molecule has 1 saturated heterocycles. The van der Waals surface area contributed by atoms with Crippen LogP contribution in [-0.4, -0.2) is 100 Å². The normalized spacial score (nSPS) is 18.2. The number of aromatic nitrogens is 1. The molecule has 0 radical (unpaired) electrons. The van der Waals surface area contributed by atoms with Crippen LogP contribution in [0.4, 0.5) is 0 Å². The van der Waals surface area contributed by atoms with Crippen molar-refractivity contribution in [3.63, 3.8) is 0 Å². The lowest BCUT2D eigenvalue weighted by atomic mass is 10.0. The van der Waals surface area contributed by atoms with Crippen molar-refractivity contribution in [3.8, 4) is 0 Å². The van der Waals surface area contributed by atoms with Crippen molar-refractivity contribution in [1.29, 1.82) is 0 Å². The molecule has 1 fully saturated rings. The van der Waals surface area contributed by atoms with Gasteiger partial charge in [-0.25, -0.2) is 4.79 Å². The van der Waals surface area contributed by atoms with Gasteiger partial charge in [0.15, 0.2) is 0 Å². The molecule has 1 aromatic carbocycles. The third kappa shape index (κ3) is 11.9. The molecule has 0 saturated carbocycles. The zero-order chi connectivity index (χ0) is 34.5. The van der Waals surface area contributed by atoms with Crippen LogP contribution in [0.5, 0.6) is 0 Å². The Morgan fingerprint density at radius 2 is 1.62 bits per heavy atom. The van der Waals surface area contributed by atoms with Crippen LogP contribution < -0.4 is 43.4 Å². The minimum Gasteiger partial charge on any atom is -0.481 e. The van der Waals surface area contributed by atoms with Gasteiger partial charge in [-0.2, -0.15) is 0 Å². The van der Waals surface area contributed by atoms with E-state index in [-0.39, 0.29) is 38.1 Å². The fraction of sp³-hybridized carbons (Fsp3) is 0.533. The molecule has 0 bridgehead atoms. The molecule has 13 N–H and O–H groups in total. The number of aromatic amines is 1. The molecule has 258 valence electrons. The number of nitrogens with two attached hydrogens (primary N) is 2. The lowest BCUT2D eigenvalue weighted by molar-refractivity contribution is -0.143. The Hall–Kier alpha value is -4.58. The van der Waals surface area contributed by atoms with Crippen LogP contribution in [0, 0.1) is 0 Å². The van der Waals surface area contributed by atoms with E-state index in [1.54, 1.807) is 6.20 Å². The van der Waals surface area contributed by atoms with E-state index < -0.39 is 66.2 Å². The third-order valence-electron chi connectivity index (χ3n) is 7.74. The summed E-state index contributed by atoms with van der Waals surface area (Å²) >= 11 is 0. The molecule has 1 aliphatic rings. The van der Waals surface area contributed by atoms with Crippen LogP contribution in [0.3, 0.4) is 0 Å². The molecule has 6 atom stereocenters. The molecule has 17 nitrogen and oxygen atoms in total. The topological polar surface area (TPSA) is 283 Å². The fourth-order valence-corrected chi connectivity index (χ4v) is 5.14. The highest BCUT2D eigenvalue weighted by molar-refractivity contribution is 5.92. The van der Waals surface area contributed by atoms with Gasteiger partial charge >= 0.3 is 11.9 Å². The fourth-order valence-electron chi connectivity index (χ4n) is 5.14. The summed E-state index contributed by atoms with van der Waals surface area (Å²) in [5.74, 6) is -5.16. The maximum absolute atomic E-state index is 13.4. The van der Waals surface area contributed by atoms with E-state index in [9.17, 15) is 33.9 Å². The van der Waals surface area contributed by atoms with Crippen LogP contribution >= 0.6 is 0 Å². The second kappa shape index (κ2) is 17.9. The van der Waals surface area contributed by atoms with Crippen LogP contribution in [0.2, 0.25) is 0 Å². The van der Waals surface area contributed by atoms with Gasteiger partial charge in [-0.15, -0.1) is 0 Å². The standard InChI is InChI=1S/C30H45N9O8/c1-16(40)36-21(8-9-26(41)42)29(45)37-22(30(46)47)10-12-34-28(44)23(13-17-15-35-20-7-3-2-5-18(17)20)38-27(43)19(31)6-4-11-33-25-14-24(32)39-25/h2-3,5,7,15,19,21-25,33,35,39H,4,6,8-14,31-32H2,1H3,(H,34,44)(H,36,40)(H,37,45)(H,38,43)(H,41,42)(H,46,47). The van der Waals surface area contributed by atoms with Gasteiger partial charge < -0.3 is 53.2 Å². The molecule has 4 amide bonds. The van der Waals surface area contributed by atoms with E-state index in [0.717, 1.165) is 29.8 Å². The predicted molar refractivity (Wildman–Crippen MR) is 170 cm³/mol. The van der Waals surface area contributed by atoms with Gasteiger partial charge in [0.2, 0.25) is 23.6 Å². The van der Waals surface area contributed by atoms with E-state index in [0.29, 0.717) is 19.4 Å². The number of benzene rings is 1. The molecule has 6 unspecified atom stereocenters. The molecule has 0 spiro atoms. The number of carbonyl (C=O) groups excluding carboxylic acids is 4. The number of H-pyrrole nitrogens is 1. The minimum absolute atomic E-state index is 0.0210. The number of carboxylic acid groups (broad SMARTS) is 2. The van der Waals surface area contributed by atoms with Gasteiger partial charge in [0.05, 0.1) is 18.4 Å². The number of rotatable bonds is 20. The third-order valence-corrected chi connectivity index (χ3v) is 7.74.